The van der Waals surface area contributed by atoms with Gasteiger partial charge in [0.2, 0.25) is 0 Å². The quantitative estimate of drug-likeness (QED) is 0.861. The third-order valence-electron chi connectivity index (χ3n) is 2.57. The first-order valence-corrected chi connectivity index (χ1v) is 5.93. The minimum atomic E-state index is -0.141. The van der Waals surface area contributed by atoms with E-state index in [9.17, 15) is 4.79 Å². The van der Waals surface area contributed by atoms with Gasteiger partial charge in [-0.25, -0.2) is 4.98 Å². The van der Waals surface area contributed by atoms with Crippen molar-refractivity contribution in [2.45, 2.75) is 26.3 Å². The predicted octanol–water partition coefficient (Wildman–Crippen LogP) is 1.89. The molecule has 0 spiro atoms. The Morgan fingerprint density at radius 3 is 2.83 bits per heavy atom. The second-order valence-electron chi connectivity index (χ2n) is 4.16. The van der Waals surface area contributed by atoms with Crippen LogP contribution in [0.4, 0.5) is 5.82 Å². The predicted molar refractivity (Wildman–Crippen MR) is 70.2 cm³/mol. The molecule has 18 heavy (non-hydrogen) atoms. The van der Waals surface area contributed by atoms with E-state index in [2.05, 4.69) is 16.4 Å². The number of hydrogen-bond donors (Lipinski definition) is 1. The number of hydrogen-bond acceptors (Lipinski definition) is 4. The van der Waals surface area contributed by atoms with Crippen molar-refractivity contribution in [1.82, 2.24) is 9.88 Å². The molecule has 1 amide bonds. The lowest BCUT2D eigenvalue weighted by Gasteiger charge is -2.25. The molecule has 1 N–H and O–H groups in total. The number of nitrogens with zero attached hydrogens (tertiary/aromatic N) is 3. The van der Waals surface area contributed by atoms with Crippen LogP contribution in [0.1, 0.15) is 30.8 Å². The summed E-state index contributed by atoms with van der Waals surface area (Å²) in [5.41, 5.74) is 0.397. The molecule has 0 saturated heterocycles. The van der Waals surface area contributed by atoms with Gasteiger partial charge in [-0.2, -0.15) is 5.26 Å². The minimum absolute atomic E-state index is 0.0471. The number of pyridine rings is 1. The van der Waals surface area contributed by atoms with E-state index in [0.29, 0.717) is 24.5 Å². The second-order valence-corrected chi connectivity index (χ2v) is 4.16. The smallest absolute Gasteiger partial charge is 0.272 e. The number of carbonyl (C=O) groups is 1. The van der Waals surface area contributed by atoms with Crippen molar-refractivity contribution < 1.29 is 4.79 Å². The number of amides is 1. The number of aromatic nitrogens is 1. The SMILES string of the molecule is CNc1cccc(C(=O)N(CCC#N)C(C)C)n1. The first kappa shape index (κ1) is 14.0. The number of nitriles is 1. The topological polar surface area (TPSA) is 69.0 Å². The van der Waals surface area contributed by atoms with E-state index in [0.717, 1.165) is 0 Å². The average Bonchev–Trinajstić information content (AvgIpc) is 2.38. The van der Waals surface area contributed by atoms with E-state index in [1.165, 1.54) is 0 Å². The summed E-state index contributed by atoms with van der Waals surface area (Å²) in [6, 6.07) is 7.37. The molecule has 0 bridgehead atoms. The van der Waals surface area contributed by atoms with Crippen molar-refractivity contribution in [3.8, 4) is 6.07 Å². The van der Waals surface area contributed by atoms with E-state index in [-0.39, 0.29) is 11.9 Å². The molecule has 0 aromatic carbocycles. The van der Waals surface area contributed by atoms with Crippen LogP contribution in [0.2, 0.25) is 0 Å². The van der Waals surface area contributed by atoms with Crippen LogP contribution < -0.4 is 5.32 Å². The number of carbonyl (C=O) groups excluding carboxylic acids is 1. The first-order chi connectivity index (χ1) is 8.60. The molecule has 0 unspecified atom stereocenters. The summed E-state index contributed by atoms with van der Waals surface area (Å²) in [5.74, 6) is 0.516. The highest BCUT2D eigenvalue weighted by Crippen LogP contribution is 2.10. The van der Waals surface area contributed by atoms with E-state index in [1.54, 1.807) is 30.1 Å². The summed E-state index contributed by atoms with van der Waals surface area (Å²) in [4.78, 5) is 18.2. The molecular weight excluding hydrogens is 228 g/mol. The lowest BCUT2D eigenvalue weighted by Crippen LogP contribution is -2.38. The van der Waals surface area contributed by atoms with Gasteiger partial charge in [0.25, 0.3) is 5.91 Å². The third-order valence-corrected chi connectivity index (χ3v) is 2.57. The molecule has 0 aliphatic rings. The molecule has 5 nitrogen and oxygen atoms in total. The summed E-state index contributed by atoms with van der Waals surface area (Å²) in [6.07, 6.45) is 0.329. The fraction of sp³-hybridized carbons (Fsp3) is 0.462. The van der Waals surface area contributed by atoms with Crippen molar-refractivity contribution in [3.63, 3.8) is 0 Å². The largest absolute Gasteiger partial charge is 0.373 e. The minimum Gasteiger partial charge on any atom is -0.373 e. The Morgan fingerprint density at radius 2 is 2.28 bits per heavy atom. The highest BCUT2D eigenvalue weighted by molar-refractivity contribution is 5.92. The molecule has 0 aliphatic carbocycles. The van der Waals surface area contributed by atoms with Gasteiger partial charge >= 0.3 is 0 Å². The molecule has 0 aliphatic heterocycles. The van der Waals surface area contributed by atoms with Crippen LogP contribution in [0, 0.1) is 11.3 Å². The van der Waals surface area contributed by atoms with Gasteiger partial charge in [0.1, 0.15) is 11.5 Å². The number of nitrogens with one attached hydrogen (secondary N) is 1. The lowest BCUT2D eigenvalue weighted by atomic mass is 10.2. The van der Waals surface area contributed by atoms with E-state index >= 15 is 0 Å². The van der Waals surface area contributed by atoms with E-state index in [4.69, 9.17) is 5.26 Å². The maximum Gasteiger partial charge on any atom is 0.272 e. The average molecular weight is 246 g/mol. The van der Waals surface area contributed by atoms with Crippen molar-refractivity contribution in [3.05, 3.63) is 23.9 Å². The van der Waals surface area contributed by atoms with Crippen LogP contribution in [-0.2, 0) is 0 Å². The Labute approximate surface area is 107 Å². The summed E-state index contributed by atoms with van der Waals surface area (Å²) in [6.45, 7) is 4.28. The van der Waals surface area contributed by atoms with Crippen molar-refractivity contribution >= 4 is 11.7 Å². The molecule has 1 heterocycles. The Kier molecular flexibility index (Phi) is 5.12. The standard InChI is InChI=1S/C13H18N4O/c1-10(2)17(9-5-8-14)13(18)11-6-4-7-12(15-3)16-11/h4,6-7,10H,5,9H2,1-3H3,(H,15,16). The highest BCUT2D eigenvalue weighted by atomic mass is 16.2. The Bertz CT molecular complexity index is 451. The summed E-state index contributed by atoms with van der Waals surface area (Å²) >= 11 is 0. The van der Waals surface area contributed by atoms with Gasteiger partial charge in [0, 0.05) is 19.6 Å². The number of rotatable bonds is 5. The van der Waals surface area contributed by atoms with Crippen LogP contribution in [0.5, 0.6) is 0 Å². The third kappa shape index (κ3) is 3.45. The second kappa shape index (κ2) is 6.60. The first-order valence-electron chi connectivity index (χ1n) is 5.93. The molecule has 1 rings (SSSR count). The molecule has 0 fully saturated rings. The van der Waals surface area contributed by atoms with Gasteiger partial charge in [-0.05, 0) is 26.0 Å². The van der Waals surface area contributed by atoms with Crippen LogP contribution in [-0.4, -0.2) is 35.4 Å². The van der Waals surface area contributed by atoms with Crippen molar-refractivity contribution in [1.29, 1.82) is 5.26 Å². The molecule has 0 radical (unpaired) electrons. The fourth-order valence-electron chi connectivity index (χ4n) is 1.60. The van der Waals surface area contributed by atoms with E-state index < -0.39 is 0 Å². The zero-order valence-corrected chi connectivity index (χ0v) is 11.0. The maximum atomic E-state index is 12.3. The van der Waals surface area contributed by atoms with Gasteiger partial charge in [0.15, 0.2) is 0 Å². The molecule has 1 aromatic rings. The van der Waals surface area contributed by atoms with Gasteiger partial charge < -0.3 is 10.2 Å². The van der Waals surface area contributed by atoms with Gasteiger partial charge in [-0.1, -0.05) is 6.07 Å². The zero-order valence-electron chi connectivity index (χ0n) is 11.0. The highest BCUT2D eigenvalue weighted by Gasteiger charge is 2.19. The van der Waals surface area contributed by atoms with Crippen LogP contribution in [0.15, 0.2) is 18.2 Å². The van der Waals surface area contributed by atoms with Crippen LogP contribution in [0.3, 0.4) is 0 Å². The monoisotopic (exact) mass is 246 g/mol. The van der Waals surface area contributed by atoms with Gasteiger partial charge in [-0.15, -0.1) is 0 Å². The van der Waals surface area contributed by atoms with Crippen LogP contribution >= 0.6 is 0 Å². The zero-order chi connectivity index (χ0) is 13.5. The summed E-state index contributed by atoms with van der Waals surface area (Å²) in [7, 11) is 1.76. The summed E-state index contributed by atoms with van der Waals surface area (Å²) < 4.78 is 0. The van der Waals surface area contributed by atoms with Crippen molar-refractivity contribution in [2.75, 3.05) is 18.9 Å². The number of anilines is 1. The molecule has 0 atom stereocenters. The molecule has 0 saturated carbocycles. The van der Waals surface area contributed by atoms with Gasteiger partial charge in [0.05, 0.1) is 12.5 Å². The maximum absolute atomic E-state index is 12.3. The van der Waals surface area contributed by atoms with Crippen molar-refractivity contribution in [2.24, 2.45) is 0 Å². The lowest BCUT2D eigenvalue weighted by molar-refractivity contribution is 0.0704. The molecular formula is C13H18N4O. The van der Waals surface area contributed by atoms with Crippen LogP contribution in [0.25, 0.3) is 0 Å². The summed E-state index contributed by atoms with van der Waals surface area (Å²) in [5, 5.41) is 11.5. The molecule has 5 heteroatoms. The molecule has 1 aromatic heterocycles. The Morgan fingerprint density at radius 1 is 1.56 bits per heavy atom. The van der Waals surface area contributed by atoms with E-state index in [1.807, 2.05) is 13.8 Å². The Balaban J connectivity index is 2.91. The normalized spacial score (nSPS) is 9.94. The van der Waals surface area contributed by atoms with Gasteiger partial charge in [-0.3, -0.25) is 4.79 Å². The Hall–Kier alpha value is -2.09. The fourth-order valence-corrected chi connectivity index (χ4v) is 1.60. The molecule has 96 valence electrons.